The molecule has 3 atom stereocenters. The minimum absolute atomic E-state index is 0.0283. The van der Waals surface area contributed by atoms with Crippen LogP contribution in [-0.2, 0) is 9.59 Å². The lowest BCUT2D eigenvalue weighted by Crippen LogP contribution is -2.45. The number of nitrogens with zero attached hydrogens (tertiary/aromatic N) is 2. The van der Waals surface area contributed by atoms with Crippen molar-refractivity contribution >= 4 is 17.5 Å². The van der Waals surface area contributed by atoms with Gasteiger partial charge in [0.15, 0.2) is 0 Å². The topological polar surface area (TPSA) is 49.9 Å². The van der Waals surface area contributed by atoms with E-state index in [0.717, 1.165) is 24.5 Å². The van der Waals surface area contributed by atoms with Gasteiger partial charge in [0.05, 0.1) is 12.5 Å². The Labute approximate surface area is 149 Å². The minimum atomic E-state index is -0.225. The largest absolute Gasteiger partial charge is 0.494 e. The van der Waals surface area contributed by atoms with E-state index >= 15 is 0 Å². The third kappa shape index (κ3) is 3.97. The van der Waals surface area contributed by atoms with E-state index in [-0.39, 0.29) is 17.7 Å². The van der Waals surface area contributed by atoms with Crippen LogP contribution in [0.5, 0.6) is 5.75 Å². The molecule has 0 spiro atoms. The lowest BCUT2D eigenvalue weighted by molar-refractivity contribution is -0.138. The standard InChI is InChI=1S/C20H28N2O3/c1-4-25-18-7-5-17(6-8-18)22-13-16(10-19(22)23)20(24)21-11-14(2)9-15(3)12-21/h5-8,14-16H,4,9-13H2,1-3H3/t14-,15-,16-/m0/s1. The highest BCUT2D eigenvalue weighted by atomic mass is 16.5. The van der Waals surface area contributed by atoms with Gasteiger partial charge < -0.3 is 14.5 Å². The number of hydrogen-bond donors (Lipinski definition) is 0. The van der Waals surface area contributed by atoms with Gasteiger partial charge in [-0.25, -0.2) is 0 Å². The van der Waals surface area contributed by atoms with Crippen LogP contribution in [0.25, 0.3) is 0 Å². The highest BCUT2D eigenvalue weighted by molar-refractivity contribution is 6.00. The Morgan fingerprint density at radius 2 is 1.76 bits per heavy atom. The van der Waals surface area contributed by atoms with Crippen molar-refractivity contribution in [3.05, 3.63) is 24.3 Å². The number of rotatable bonds is 4. The molecule has 0 aliphatic carbocycles. The Balaban J connectivity index is 1.66. The van der Waals surface area contributed by atoms with Crippen molar-refractivity contribution in [2.24, 2.45) is 17.8 Å². The van der Waals surface area contributed by atoms with Gasteiger partial charge in [-0.3, -0.25) is 9.59 Å². The van der Waals surface area contributed by atoms with Gasteiger partial charge in [-0.1, -0.05) is 13.8 Å². The van der Waals surface area contributed by atoms with Crippen molar-refractivity contribution < 1.29 is 14.3 Å². The van der Waals surface area contributed by atoms with E-state index in [9.17, 15) is 9.59 Å². The monoisotopic (exact) mass is 344 g/mol. The third-order valence-corrected chi connectivity index (χ3v) is 5.11. The molecule has 0 bridgehead atoms. The van der Waals surface area contributed by atoms with E-state index in [1.807, 2.05) is 36.1 Å². The molecule has 2 amide bonds. The first kappa shape index (κ1) is 17.8. The third-order valence-electron chi connectivity index (χ3n) is 5.11. The summed E-state index contributed by atoms with van der Waals surface area (Å²) in [6, 6.07) is 7.52. The fraction of sp³-hybridized carbons (Fsp3) is 0.600. The number of anilines is 1. The Hall–Kier alpha value is -2.04. The number of amides is 2. The molecule has 5 heteroatoms. The van der Waals surface area contributed by atoms with Crippen LogP contribution >= 0.6 is 0 Å². The Kier molecular flexibility index (Phi) is 5.30. The van der Waals surface area contributed by atoms with Gasteiger partial charge in [0.1, 0.15) is 5.75 Å². The second kappa shape index (κ2) is 7.46. The summed E-state index contributed by atoms with van der Waals surface area (Å²) in [6.07, 6.45) is 1.48. The van der Waals surface area contributed by atoms with Gasteiger partial charge in [0.25, 0.3) is 0 Å². The molecule has 2 aliphatic heterocycles. The molecule has 2 fully saturated rings. The lowest BCUT2D eigenvalue weighted by atomic mass is 9.91. The van der Waals surface area contributed by atoms with E-state index in [1.54, 1.807) is 4.90 Å². The average Bonchev–Trinajstić information content (AvgIpc) is 2.96. The van der Waals surface area contributed by atoms with Crippen LogP contribution in [0.1, 0.15) is 33.6 Å². The maximum absolute atomic E-state index is 12.9. The summed E-state index contributed by atoms with van der Waals surface area (Å²) >= 11 is 0. The van der Waals surface area contributed by atoms with E-state index in [2.05, 4.69) is 13.8 Å². The number of carbonyl (C=O) groups excluding carboxylic acids is 2. The maximum Gasteiger partial charge on any atom is 0.228 e. The van der Waals surface area contributed by atoms with Crippen molar-refractivity contribution in [3.63, 3.8) is 0 Å². The first-order valence-electron chi connectivity index (χ1n) is 9.30. The minimum Gasteiger partial charge on any atom is -0.494 e. The highest BCUT2D eigenvalue weighted by Crippen LogP contribution is 2.29. The number of piperidine rings is 1. The van der Waals surface area contributed by atoms with Crippen molar-refractivity contribution in [1.82, 2.24) is 4.90 Å². The summed E-state index contributed by atoms with van der Waals surface area (Å²) < 4.78 is 5.44. The van der Waals surface area contributed by atoms with Crippen LogP contribution in [-0.4, -0.2) is 43.0 Å². The SMILES string of the molecule is CCOc1ccc(N2C[C@@H](C(=O)N3C[C@@H](C)C[C@H](C)C3)CC2=O)cc1. The molecule has 0 radical (unpaired) electrons. The smallest absolute Gasteiger partial charge is 0.228 e. The van der Waals surface area contributed by atoms with Crippen molar-refractivity contribution in [3.8, 4) is 5.75 Å². The van der Waals surface area contributed by atoms with Gasteiger partial charge in [-0.15, -0.1) is 0 Å². The van der Waals surface area contributed by atoms with Crippen molar-refractivity contribution in [2.45, 2.75) is 33.6 Å². The molecule has 0 N–H and O–H groups in total. The predicted molar refractivity (Wildman–Crippen MR) is 97.6 cm³/mol. The summed E-state index contributed by atoms with van der Waals surface area (Å²) in [5, 5.41) is 0. The van der Waals surface area contributed by atoms with E-state index in [4.69, 9.17) is 4.74 Å². The first-order chi connectivity index (χ1) is 12.0. The molecule has 0 saturated carbocycles. The molecule has 2 heterocycles. The molecule has 2 aliphatic rings. The molecule has 0 aromatic heterocycles. The first-order valence-corrected chi connectivity index (χ1v) is 9.30. The molecule has 0 unspecified atom stereocenters. The number of ether oxygens (including phenoxy) is 1. The predicted octanol–water partition coefficient (Wildman–Crippen LogP) is 2.94. The second-order valence-corrected chi connectivity index (χ2v) is 7.52. The second-order valence-electron chi connectivity index (χ2n) is 7.52. The summed E-state index contributed by atoms with van der Waals surface area (Å²) in [6.45, 7) is 9.06. The van der Waals surface area contributed by atoms with Crippen LogP contribution < -0.4 is 9.64 Å². The van der Waals surface area contributed by atoms with Gasteiger partial charge in [-0.2, -0.15) is 0 Å². The highest BCUT2D eigenvalue weighted by Gasteiger charge is 2.38. The molecular formula is C20H28N2O3. The van der Waals surface area contributed by atoms with Gasteiger partial charge in [0, 0.05) is 31.7 Å². The maximum atomic E-state index is 12.9. The molecule has 1 aromatic carbocycles. The molecule has 136 valence electrons. The molecule has 1 aromatic rings. The summed E-state index contributed by atoms with van der Waals surface area (Å²) in [4.78, 5) is 29.0. The quantitative estimate of drug-likeness (QED) is 0.844. The van der Waals surface area contributed by atoms with E-state index in [0.29, 0.717) is 31.4 Å². The molecule has 25 heavy (non-hydrogen) atoms. The molecular weight excluding hydrogens is 316 g/mol. The Morgan fingerprint density at radius 3 is 2.36 bits per heavy atom. The van der Waals surface area contributed by atoms with E-state index in [1.165, 1.54) is 6.42 Å². The molecule has 5 nitrogen and oxygen atoms in total. The summed E-state index contributed by atoms with van der Waals surface area (Å²) in [7, 11) is 0. The van der Waals surface area contributed by atoms with E-state index < -0.39 is 0 Å². The summed E-state index contributed by atoms with van der Waals surface area (Å²) in [5.41, 5.74) is 0.837. The molecule has 2 saturated heterocycles. The van der Waals surface area contributed by atoms with Crippen LogP contribution in [0.2, 0.25) is 0 Å². The summed E-state index contributed by atoms with van der Waals surface area (Å²) in [5.74, 6) is 1.80. The Morgan fingerprint density at radius 1 is 1.12 bits per heavy atom. The number of likely N-dealkylation sites (tertiary alicyclic amines) is 1. The normalized spacial score (nSPS) is 26.8. The van der Waals surface area contributed by atoms with Crippen LogP contribution in [0, 0.1) is 17.8 Å². The van der Waals surface area contributed by atoms with Crippen LogP contribution in [0.15, 0.2) is 24.3 Å². The average molecular weight is 344 g/mol. The fourth-order valence-corrected chi connectivity index (χ4v) is 4.11. The van der Waals surface area contributed by atoms with Crippen LogP contribution in [0.3, 0.4) is 0 Å². The van der Waals surface area contributed by atoms with Crippen molar-refractivity contribution in [1.29, 1.82) is 0 Å². The van der Waals surface area contributed by atoms with Gasteiger partial charge >= 0.3 is 0 Å². The molecule has 3 rings (SSSR count). The number of benzene rings is 1. The zero-order valence-corrected chi connectivity index (χ0v) is 15.4. The number of carbonyl (C=O) groups is 2. The fourth-order valence-electron chi connectivity index (χ4n) is 4.11. The number of hydrogen-bond acceptors (Lipinski definition) is 3. The van der Waals surface area contributed by atoms with Crippen molar-refractivity contribution in [2.75, 3.05) is 31.1 Å². The Bertz CT molecular complexity index is 618. The zero-order valence-electron chi connectivity index (χ0n) is 15.4. The zero-order chi connectivity index (χ0) is 18.0. The lowest BCUT2D eigenvalue weighted by Gasteiger charge is -2.36. The van der Waals surface area contributed by atoms with Gasteiger partial charge in [0.2, 0.25) is 11.8 Å². The van der Waals surface area contributed by atoms with Crippen LogP contribution in [0.4, 0.5) is 5.69 Å². The van der Waals surface area contributed by atoms with Gasteiger partial charge in [-0.05, 0) is 49.4 Å².